The summed E-state index contributed by atoms with van der Waals surface area (Å²) in [5.41, 5.74) is 2.61. The number of methoxy groups -OCH3 is 1. The Hall–Kier alpha value is -4.46. The zero-order valence-corrected chi connectivity index (χ0v) is 24.8. The molecule has 0 spiro atoms. The molecule has 0 saturated heterocycles. The summed E-state index contributed by atoms with van der Waals surface area (Å²) in [7, 11) is 3.13. The minimum Gasteiger partial charge on any atom is -0.496 e. The Labute approximate surface area is 250 Å². The number of halogens is 2. The summed E-state index contributed by atoms with van der Waals surface area (Å²) in [6.07, 6.45) is 0. The number of hydrogen-bond donors (Lipinski definition) is 2. The van der Waals surface area contributed by atoms with E-state index < -0.39 is 35.8 Å². The number of carbonyl (C=O) groups is 3. The highest BCUT2D eigenvalue weighted by Crippen LogP contribution is 2.39. The van der Waals surface area contributed by atoms with Gasteiger partial charge in [0.2, 0.25) is 11.8 Å². The van der Waals surface area contributed by atoms with Crippen molar-refractivity contribution in [2.24, 2.45) is 0 Å². The van der Waals surface area contributed by atoms with Crippen LogP contribution in [0.3, 0.4) is 0 Å². The Kier molecular flexibility index (Phi) is 10.3. The summed E-state index contributed by atoms with van der Waals surface area (Å²) in [4.78, 5) is 43.1. The third-order valence-electron chi connectivity index (χ3n) is 7.33. The van der Waals surface area contributed by atoms with Crippen LogP contribution < -0.4 is 25.2 Å². The Morgan fingerprint density at radius 1 is 1.12 bits per heavy atom. The fourth-order valence-electron chi connectivity index (χ4n) is 5.02. The number of fused-ring (bicyclic) bond motifs is 1. The predicted octanol–water partition coefficient (Wildman–Crippen LogP) is 4.18. The van der Waals surface area contributed by atoms with Crippen molar-refractivity contribution < 1.29 is 23.5 Å². The molecule has 0 aliphatic carbocycles. The Balaban J connectivity index is 0.00000484. The number of ether oxygens (including phenoxy) is 1. The van der Waals surface area contributed by atoms with E-state index in [1.165, 1.54) is 29.9 Å². The second-order valence-electron chi connectivity index (χ2n) is 9.87. The average molecular weight is 594 g/mol. The third-order valence-corrected chi connectivity index (χ3v) is 7.33. The van der Waals surface area contributed by atoms with Crippen molar-refractivity contribution in [3.05, 3.63) is 77.6 Å². The molecular formula is C31H33ClFN5O4. The summed E-state index contributed by atoms with van der Waals surface area (Å²) < 4.78 is 20.3. The lowest BCUT2D eigenvalue weighted by atomic mass is 10.0. The number of anilines is 2. The number of rotatable bonds is 7. The van der Waals surface area contributed by atoms with Crippen molar-refractivity contribution in [2.75, 3.05) is 24.0 Å². The van der Waals surface area contributed by atoms with E-state index in [2.05, 4.69) is 16.7 Å². The van der Waals surface area contributed by atoms with Crippen LogP contribution in [0.2, 0.25) is 0 Å². The van der Waals surface area contributed by atoms with Crippen LogP contribution in [0.1, 0.15) is 31.9 Å². The molecule has 0 radical (unpaired) electrons. The maximum absolute atomic E-state index is 14.7. The SMILES string of the molecule is CN[C@@H](C)C(=O)N[C@@H]1C(=O)N(Cc2cc(-c3ccccc3F)ccc2OC)c2ccc(C#N)cc2N(C(C)=O)[C@H]1C.Cl. The highest BCUT2D eigenvalue weighted by molar-refractivity contribution is 6.08. The van der Waals surface area contributed by atoms with Crippen LogP contribution in [-0.2, 0) is 20.9 Å². The summed E-state index contributed by atoms with van der Waals surface area (Å²) in [5.74, 6) is -1.15. The molecule has 0 fully saturated rings. The molecule has 1 aliphatic heterocycles. The standard InChI is InChI=1S/C31H32FN5O4.ClH/c1-18(34-4)30(39)35-29-19(2)37(20(3)38)27-14-21(16-33)10-12-26(27)36(31(29)40)17-23-15-22(11-13-28(23)41-5)24-8-6-7-9-25(24)32;/h6-15,18-19,29,34H,17H2,1-5H3,(H,35,39);1H/t18-,19-,29-;/m0./s1. The highest BCUT2D eigenvalue weighted by Gasteiger charge is 2.42. The second kappa shape index (κ2) is 13.5. The average Bonchev–Trinajstić information content (AvgIpc) is 3.05. The number of likely N-dealkylation sites (N-methyl/N-ethyl adjacent to an activating group) is 1. The van der Waals surface area contributed by atoms with Gasteiger partial charge in [0.25, 0.3) is 5.91 Å². The van der Waals surface area contributed by atoms with Gasteiger partial charge < -0.3 is 25.2 Å². The molecule has 4 rings (SSSR count). The fourth-order valence-corrected chi connectivity index (χ4v) is 5.02. The van der Waals surface area contributed by atoms with Crippen molar-refractivity contribution in [3.8, 4) is 22.9 Å². The first kappa shape index (κ1) is 32.1. The van der Waals surface area contributed by atoms with Gasteiger partial charge in [-0.1, -0.05) is 24.3 Å². The number of nitrogens with one attached hydrogen (secondary N) is 2. The minimum absolute atomic E-state index is 0. The molecule has 3 atom stereocenters. The number of carbonyl (C=O) groups excluding carboxylic acids is 3. The highest BCUT2D eigenvalue weighted by atomic mass is 35.5. The van der Waals surface area contributed by atoms with Crippen LogP contribution in [-0.4, -0.2) is 50.0 Å². The van der Waals surface area contributed by atoms with Gasteiger partial charge in [-0.3, -0.25) is 14.4 Å². The number of amides is 3. The summed E-state index contributed by atoms with van der Waals surface area (Å²) in [6.45, 7) is 4.69. The van der Waals surface area contributed by atoms with Crippen LogP contribution in [0, 0.1) is 17.1 Å². The molecule has 2 N–H and O–H groups in total. The molecule has 0 saturated carbocycles. The van der Waals surface area contributed by atoms with E-state index in [1.807, 2.05) is 0 Å². The van der Waals surface area contributed by atoms with E-state index in [0.29, 0.717) is 39.4 Å². The van der Waals surface area contributed by atoms with Crippen molar-refractivity contribution in [1.82, 2.24) is 10.6 Å². The van der Waals surface area contributed by atoms with E-state index >= 15 is 0 Å². The molecule has 3 aromatic carbocycles. The van der Waals surface area contributed by atoms with E-state index in [4.69, 9.17) is 4.74 Å². The molecule has 0 aromatic heterocycles. The first-order valence-corrected chi connectivity index (χ1v) is 13.2. The zero-order valence-electron chi connectivity index (χ0n) is 24.0. The van der Waals surface area contributed by atoms with Crippen LogP contribution in [0.5, 0.6) is 5.75 Å². The van der Waals surface area contributed by atoms with Gasteiger partial charge in [0, 0.05) is 18.1 Å². The van der Waals surface area contributed by atoms with E-state index in [0.717, 1.165) is 0 Å². The molecule has 220 valence electrons. The van der Waals surface area contributed by atoms with Crippen LogP contribution in [0.25, 0.3) is 11.1 Å². The molecule has 3 aromatic rings. The van der Waals surface area contributed by atoms with Crippen molar-refractivity contribution in [3.63, 3.8) is 0 Å². The van der Waals surface area contributed by atoms with E-state index in [9.17, 15) is 24.0 Å². The molecule has 1 heterocycles. The molecule has 0 unspecified atom stereocenters. The van der Waals surface area contributed by atoms with Gasteiger partial charge in [-0.2, -0.15) is 5.26 Å². The zero-order chi connectivity index (χ0) is 29.8. The smallest absolute Gasteiger partial charge is 0.252 e. The van der Waals surface area contributed by atoms with E-state index in [-0.39, 0.29) is 24.9 Å². The number of nitrogens with zero attached hydrogens (tertiary/aromatic N) is 3. The van der Waals surface area contributed by atoms with Crippen LogP contribution >= 0.6 is 12.4 Å². The van der Waals surface area contributed by atoms with Gasteiger partial charge in [-0.05, 0) is 62.9 Å². The lowest BCUT2D eigenvalue weighted by molar-refractivity contribution is -0.129. The summed E-state index contributed by atoms with van der Waals surface area (Å²) >= 11 is 0. The Morgan fingerprint density at radius 3 is 2.45 bits per heavy atom. The lowest BCUT2D eigenvalue weighted by Crippen LogP contribution is -2.59. The molecule has 1 aliphatic rings. The topological polar surface area (TPSA) is 115 Å². The number of hydrogen-bond acceptors (Lipinski definition) is 6. The predicted molar refractivity (Wildman–Crippen MR) is 161 cm³/mol. The fraction of sp³-hybridized carbons (Fsp3) is 0.290. The van der Waals surface area contributed by atoms with Crippen molar-refractivity contribution in [1.29, 1.82) is 5.26 Å². The monoisotopic (exact) mass is 593 g/mol. The second-order valence-corrected chi connectivity index (χ2v) is 9.87. The molecule has 3 amide bonds. The van der Waals surface area contributed by atoms with Gasteiger partial charge in [0.05, 0.1) is 48.7 Å². The quantitative estimate of drug-likeness (QED) is 0.425. The van der Waals surface area contributed by atoms with E-state index in [1.54, 1.807) is 75.5 Å². The van der Waals surface area contributed by atoms with Gasteiger partial charge in [-0.15, -0.1) is 12.4 Å². The summed E-state index contributed by atoms with van der Waals surface area (Å²) in [6, 6.07) is 15.9. The number of benzene rings is 3. The molecule has 9 nitrogen and oxygen atoms in total. The molecular weight excluding hydrogens is 561 g/mol. The molecule has 11 heteroatoms. The lowest BCUT2D eigenvalue weighted by Gasteiger charge is -2.32. The Morgan fingerprint density at radius 2 is 1.83 bits per heavy atom. The first-order chi connectivity index (χ1) is 19.6. The summed E-state index contributed by atoms with van der Waals surface area (Å²) in [5, 5.41) is 15.3. The number of nitriles is 1. The minimum atomic E-state index is -1.11. The van der Waals surface area contributed by atoms with Crippen molar-refractivity contribution >= 4 is 41.5 Å². The Bertz CT molecular complexity index is 1540. The van der Waals surface area contributed by atoms with Gasteiger partial charge in [0.15, 0.2) is 0 Å². The largest absolute Gasteiger partial charge is 0.496 e. The van der Waals surface area contributed by atoms with Gasteiger partial charge in [-0.25, -0.2) is 4.39 Å². The van der Waals surface area contributed by atoms with Gasteiger partial charge in [0.1, 0.15) is 17.6 Å². The normalized spacial score (nSPS) is 16.8. The van der Waals surface area contributed by atoms with Crippen LogP contribution in [0.15, 0.2) is 60.7 Å². The first-order valence-electron chi connectivity index (χ1n) is 13.2. The van der Waals surface area contributed by atoms with Crippen LogP contribution in [0.4, 0.5) is 15.8 Å². The van der Waals surface area contributed by atoms with Crippen molar-refractivity contribution in [2.45, 2.75) is 45.4 Å². The van der Waals surface area contributed by atoms with Gasteiger partial charge >= 0.3 is 0 Å². The maximum Gasteiger partial charge on any atom is 0.252 e. The molecule has 42 heavy (non-hydrogen) atoms. The maximum atomic E-state index is 14.7. The third kappa shape index (κ3) is 6.22. The molecule has 0 bridgehead atoms.